The van der Waals surface area contributed by atoms with E-state index in [2.05, 4.69) is 43.1 Å². The fraction of sp³-hybridized carbons (Fsp3) is 0.304. The van der Waals surface area contributed by atoms with Crippen LogP contribution >= 0.6 is 11.3 Å². The number of aliphatic hydroxyl groups is 1. The maximum Gasteiger partial charge on any atom is 0.184 e. The van der Waals surface area contributed by atoms with Crippen LogP contribution in [0, 0.1) is 0 Å². The molecule has 2 atom stereocenters. The molecule has 0 amide bonds. The van der Waals surface area contributed by atoms with E-state index in [9.17, 15) is 5.11 Å². The first-order chi connectivity index (χ1) is 15.7. The lowest BCUT2D eigenvalue weighted by Gasteiger charge is -2.27. The van der Waals surface area contributed by atoms with Gasteiger partial charge in [-0.15, -0.1) is 0 Å². The molecule has 0 aliphatic heterocycles. The van der Waals surface area contributed by atoms with Gasteiger partial charge >= 0.3 is 0 Å². The van der Waals surface area contributed by atoms with Gasteiger partial charge < -0.3 is 15.0 Å². The minimum Gasteiger partial charge on any atom is -0.391 e. The molecular weight excluding hydrogens is 422 g/mol. The highest BCUT2D eigenvalue weighted by Gasteiger charge is 2.23. The Morgan fingerprint density at radius 1 is 1.12 bits per heavy atom. The summed E-state index contributed by atoms with van der Waals surface area (Å²) < 4.78 is 4.97. The summed E-state index contributed by atoms with van der Waals surface area (Å²) in [6, 6.07) is 10.3. The number of nitrogens with zero attached hydrogens (tertiary/aromatic N) is 6. The van der Waals surface area contributed by atoms with E-state index >= 15 is 0 Å². The molecule has 1 fully saturated rings. The van der Waals surface area contributed by atoms with Gasteiger partial charge in [-0.1, -0.05) is 30.2 Å². The summed E-state index contributed by atoms with van der Waals surface area (Å²) in [5.41, 5.74) is 4.72. The van der Waals surface area contributed by atoms with Crippen LogP contribution in [0.25, 0.3) is 27.1 Å². The minimum atomic E-state index is -0.290. The van der Waals surface area contributed by atoms with Gasteiger partial charge in [-0.05, 0) is 42.7 Å². The van der Waals surface area contributed by atoms with Crippen molar-refractivity contribution in [3.05, 3.63) is 60.8 Å². The summed E-state index contributed by atoms with van der Waals surface area (Å²) in [4.78, 5) is 13.9. The number of imidazole rings is 1. The molecule has 8 nitrogen and oxygen atoms in total. The lowest BCUT2D eigenvalue weighted by molar-refractivity contribution is 0.116. The van der Waals surface area contributed by atoms with Crippen LogP contribution in [0.15, 0.2) is 55.2 Å². The molecule has 4 heterocycles. The second-order valence-electron chi connectivity index (χ2n) is 8.28. The molecule has 32 heavy (non-hydrogen) atoms. The van der Waals surface area contributed by atoms with Gasteiger partial charge in [0.2, 0.25) is 0 Å². The van der Waals surface area contributed by atoms with Gasteiger partial charge in [0.15, 0.2) is 10.8 Å². The molecule has 4 aromatic heterocycles. The van der Waals surface area contributed by atoms with Crippen molar-refractivity contribution >= 4 is 37.8 Å². The number of aliphatic hydroxyl groups excluding tert-OH is 1. The Bertz CT molecular complexity index is 1370. The second-order valence-corrected chi connectivity index (χ2v) is 9.31. The van der Waals surface area contributed by atoms with Crippen molar-refractivity contribution in [2.45, 2.75) is 44.4 Å². The van der Waals surface area contributed by atoms with Crippen molar-refractivity contribution in [2.75, 3.05) is 5.32 Å². The van der Waals surface area contributed by atoms with Gasteiger partial charge in [0.05, 0.1) is 47.1 Å². The molecule has 1 aliphatic rings. The second kappa shape index (κ2) is 7.99. The van der Waals surface area contributed by atoms with Gasteiger partial charge in [-0.25, -0.2) is 19.6 Å². The summed E-state index contributed by atoms with van der Waals surface area (Å²) in [6.45, 7) is 0.683. The molecule has 1 saturated carbocycles. The Kier molecular flexibility index (Phi) is 4.84. The van der Waals surface area contributed by atoms with E-state index in [1.54, 1.807) is 22.2 Å². The zero-order valence-electron chi connectivity index (χ0n) is 17.4. The monoisotopic (exact) mass is 445 g/mol. The van der Waals surface area contributed by atoms with Crippen molar-refractivity contribution in [1.29, 1.82) is 0 Å². The third-order valence-electron chi connectivity index (χ3n) is 6.05. The van der Waals surface area contributed by atoms with E-state index in [1.165, 1.54) is 5.56 Å². The quantitative estimate of drug-likeness (QED) is 0.425. The number of hydrogen-bond acceptors (Lipinski definition) is 7. The average Bonchev–Trinajstić information content (AvgIpc) is 3.55. The smallest absolute Gasteiger partial charge is 0.184 e. The Labute approximate surface area is 188 Å². The highest BCUT2D eigenvalue weighted by molar-refractivity contribution is 7.22. The predicted octanol–water partition coefficient (Wildman–Crippen LogP) is 3.99. The Morgan fingerprint density at radius 2 is 2.06 bits per heavy atom. The van der Waals surface area contributed by atoms with Crippen LogP contribution in [0.5, 0.6) is 0 Å². The number of pyridine rings is 1. The lowest BCUT2D eigenvalue weighted by Crippen LogP contribution is -2.36. The molecule has 1 aromatic carbocycles. The minimum absolute atomic E-state index is 0.0961. The standard InChI is InChI=1S/C23H23N7OS/c31-20-5-2-1-4-17(20)27-23-28-18-7-6-15(10-21(18)32-23)13-29-14-25-19-11-16(12-24-22(19)29)30-9-3-8-26-30/h3,6-12,14,17,20,31H,1-2,4-5,13H2,(H,27,28)/t17-,20-/m1/s1. The number of fused-ring (bicyclic) bond motifs is 2. The third-order valence-corrected chi connectivity index (χ3v) is 7.00. The van der Waals surface area contributed by atoms with Crippen LogP contribution in [0.2, 0.25) is 0 Å². The molecule has 6 rings (SSSR count). The molecule has 162 valence electrons. The zero-order valence-corrected chi connectivity index (χ0v) is 18.2. The number of nitrogens with one attached hydrogen (secondary N) is 1. The van der Waals surface area contributed by atoms with E-state index in [-0.39, 0.29) is 12.1 Å². The van der Waals surface area contributed by atoms with Crippen LogP contribution in [0.4, 0.5) is 5.13 Å². The predicted molar refractivity (Wildman–Crippen MR) is 125 cm³/mol. The van der Waals surface area contributed by atoms with Gasteiger partial charge in [0.25, 0.3) is 0 Å². The van der Waals surface area contributed by atoms with E-state index < -0.39 is 0 Å². The number of thiazole rings is 1. The zero-order chi connectivity index (χ0) is 21.5. The largest absolute Gasteiger partial charge is 0.391 e. The molecule has 5 aromatic rings. The number of hydrogen-bond donors (Lipinski definition) is 2. The molecule has 0 bridgehead atoms. The van der Waals surface area contributed by atoms with Crippen LogP contribution < -0.4 is 5.32 Å². The molecule has 0 radical (unpaired) electrons. The maximum atomic E-state index is 10.2. The van der Waals surface area contributed by atoms with Crippen molar-refractivity contribution in [1.82, 2.24) is 29.3 Å². The highest BCUT2D eigenvalue weighted by atomic mass is 32.1. The first kappa shape index (κ1) is 19.4. The van der Waals surface area contributed by atoms with Gasteiger partial charge in [-0.2, -0.15) is 5.10 Å². The van der Waals surface area contributed by atoms with Crippen LogP contribution in [-0.4, -0.2) is 46.6 Å². The molecule has 0 spiro atoms. The van der Waals surface area contributed by atoms with Crippen LogP contribution in [0.3, 0.4) is 0 Å². The maximum absolute atomic E-state index is 10.2. The molecule has 0 saturated heterocycles. The summed E-state index contributed by atoms with van der Waals surface area (Å²) in [6.07, 6.45) is 11.1. The summed E-state index contributed by atoms with van der Waals surface area (Å²) in [5, 5.41) is 18.8. The molecule has 1 aliphatic carbocycles. The fourth-order valence-corrected chi connectivity index (χ4v) is 5.36. The lowest BCUT2D eigenvalue weighted by atomic mass is 9.93. The molecular formula is C23H23N7OS. The highest BCUT2D eigenvalue weighted by Crippen LogP contribution is 2.30. The summed E-state index contributed by atoms with van der Waals surface area (Å²) in [7, 11) is 0. The van der Waals surface area contributed by atoms with E-state index in [4.69, 9.17) is 4.98 Å². The average molecular weight is 446 g/mol. The molecule has 9 heteroatoms. The fourth-order valence-electron chi connectivity index (χ4n) is 4.36. The number of aromatic nitrogens is 6. The van der Waals surface area contributed by atoms with E-state index in [0.29, 0.717) is 6.54 Å². The first-order valence-corrected chi connectivity index (χ1v) is 11.7. The molecule has 0 unspecified atom stereocenters. The Balaban J connectivity index is 1.23. The third kappa shape index (κ3) is 3.63. The SMILES string of the molecule is O[C@@H]1CCCC[C@H]1Nc1nc2ccc(Cn3cnc4cc(-n5cccn5)cnc43)cc2s1. The van der Waals surface area contributed by atoms with Gasteiger partial charge in [0, 0.05) is 12.4 Å². The van der Waals surface area contributed by atoms with Crippen molar-refractivity contribution in [3.8, 4) is 5.69 Å². The summed E-state index contributed by atoms with van der Waals surface area (Å²) in [5.74, 6) is 0. The van der Waals surface area contributed by atoms with E-state index in [0.717, 1.165) is 57.9 Å². The van der Waals surface area contributed by atoms with Crippen molar-refractivity contribution in [2.24, 2.45) is 0 Å². The Hall–Kier alpha value is -3.30. The topological polar surface area (TPSA) is 93.7 Å². The van der Waals surface area contributed by atoms with Crippen LogP contribution in [0.1, 0.15) is 31.2 Å². The Morgan fingerprint density at radius 3 is 2.94 bits per heavy atom. The normalized spacial score (nSPS) is 19.0. The van der Waals surface area contributed by atoms with Gasteiger partial charge in [0.1, 0.15) is 5.52 Å². The van der Waals surface area contributed by atoms with Crippen molar-refractivity contribution in [3.63, 3.8) is 0 Å². The number of anilines is 1. The van der Waals surface area contributed by atoms with Crippen molar-refractivity contribution < 1.29 is 5.11 Å². The summed E-state index contributed by atoms with van der Waals surface area (Å²) >= 11 is 1.64. The van der Waals surface area contributed by atoms with E-state index in [1.807, 2.05) is 30.9 Å². The molecule has 2 N–H and O–H groups in total. The first-order valence-electron chi connectivity index (χ1n) is 10.9. The number of benzene rings is 1. The van der Waals surface area contributed by atoms with Crippen LogP contribution in [-0.2, 0) is 6.54 Å². The van der Waals surface area contributed by atoms with Gasteiger partial charge in [-0.3, -0.25) is 0 Å². The number of rotatable bonds is 5.